The third-order valence-electron chi connectivity index (χ3n) is 5.39. The molecule has 0 aliphatic carbocycles. The molecule has 1 atom stereocenters. The highest BCUT2D eigenvalue weighted by atomic mass is 19.4. The molecule has 0 rings (SSSR count). The first-order valence-electron chi connectivity index (χ1n) is 12.1. The van der Waals surface area contributed by atoms with Gasteiger partial charge in [-0.3, -0.25) is 9.59 Å². The second-order valence-electron chi connectivity index (χ2n) is 8.68. The lowest BCUT2D eigenvalue weighted by molar-refractivity contribution is -0.398. The van der Waals surface area contributed by atoms with Crippen LogP contribution in [-0.4, -0.2) is 48.6 Å². The molecule has 0 aromatic heterocycles. The van der Waals surface area contributed by atoms with Crippen LogP contribution in [0.2, 0.25) is 0 Å². The highest BCUT2D eigenvalue weighted by molar-refractivity contribution is 5.70. The molecule has 0 aliphatic rings. The van der Waals surface area contributed by atoms with E-state index < -0.39 is 55.0 Å². The molecular weight excluding hydrogens is 511 g/mol. The first-order valence-corrected chi connectivity index (χ1v) is 12.1. The van der Waals surface area contributed by atoms with Gasteiger partial charge in [0.2, 0.25) is 0 Å². The molecule has 0 aromatic rings. The lowest BCUT2D eigenvalue weighted by Gasteiger charge is -2.35. The van der Waals surface area contributed by atoms with Crippen molar-refractivity contribution in [2.24, 2.45) is 0 Å². The van der Waals surface area contributed by atoms with Gasteiger partial charge in [-0.1, -0.05) is 65.2 Å². The van der Waals surface area contributed by atoms with Gasteiger partial charge in [0.1, 0.15) is 12.7 Å². The molecule has 0 aliphatic heterocycles. The molecule has 4 nitrogen and oxygen atoms in total. The third-order valence-corrected chi connectivity index (χ3v) is 5.39. The summed E-state index contributed by atoms with van der Waals surface area (Å²) in [5, 5.41) is 0. The Morgan fingerprint density at radius 1 is 0.639 bits per heavy atom. The van der Waals surface area contributed by atoms with Gasteiger partial charge < -0.3 is 9.47 Å². The van der Waals surface area contributed by atoms with Crippen molar-refractivity contribution in [3.05, 3.63) is 0 Å². The summed E-state index contributed by atoms with van der Waals surface area (Å²) in [6.45, 7) is 2.70. The minimum atomic E-state index is -7.06. The first-order chi connectivity index (χ1) is 16.5. The fourth-order valence-corrected chi connectivity index (χ4v) is 3.21. The number of rotatable bonds is 19. The number of carbonyl (C=O) groups excluding carboxylic acids is 2. The predicted octanol–water partition coefficient (Wildman–Crippen LogP) is 8.02. The van der Waals surface area contributed by atoms with E-state index in [0.29, 0.717) is 19.3 Å². The number of alkyl halides is 9. The van der Waals surface area contributed by atoms with Crippen LogP contribution >= 0.6 is 0 Å². The number of carbonyl (C=O) groups is 2. The van der Waals surface area contributed by atoms with Crippen molar-refractivity contribution in [2.45, 2.75) is 127 Å². The van der Waals surface area contributed by atoms with Crippen LogP contribution in [-0.2, 0) is 19.1 Å². The monoisotopic (exact) mass is 546 g/mol. The van der Waals surface area contributed by atoms with E-state index >= 15 is 0 Å². The average molecular weight is 547 g/mol. The van der Waals surface area contributed by atoms with Gasteiger partial charge in [0.15, 0.2) is 0 Å². The Hall–Kier alpha value is -1.69. The van der Waals surface area contributed by atoms with Crippen LogP contribution in [0.25, 0.3) is 0 Å². The fourth-order valence-electron chi connectivity index (χ4n) is 3.21. The Morgan fingerprint density at radius 3 is 1.53 bits per heavy atom. The van der Waals surface area contributed by atoms with Crippen LogP contribution in [0.1, 0.15) is 97.3 Å². The van der Waals surface area contributed by atoms with Crippen LogP contribution in [0, 0.1) is 0 Å². The van der Waals surface area contributed by atoms with Gasteiger partial charge in [-0.2, -0.15) is 39.5 Å². The highest BCUT2D eigenvalue weighted by Gasteiger charge is 2.81. The molecule has 0 saturated heterocycles. The summed E-state index contributed by atoms with van der Waals surface area (Å²) in [6.07, 6.45) is -5.22. The molecule has 0 spiro atoms. The SMILES string of the molecule is CCCCCCCC(=O)OCC(CC(F)(F)C(F)(F)C(F)(F)C(F)(F)F)OC(=O)CCCCCCC. The number of halogens is 9. The first kappa shape index (κ1) is 34.3. The predicted molar refractivity (Wildman–Crippen MR) is 113 cm³/mol. The molecule has 0 fully saturated rings. The van der Waals surface area contributed by atoms with E-state index in [1.54, 1.807) is 0 Å². The van der Waals surface area contributed by atoms with Gasteiger partial charge >= 0.3 is 35.9 Å². The quantitative estimate of drug-likeness (QED) is 0.0935. The van der Waals surface area contributed by atoms with E-state index in [4.69, 9.17) is 0 Å². The molecule has 0 bridgehead atoms. The van der Waals surface area contributed by atoms with Crippen molar-refractivity contribution < 1.29 is 58.6 Å². The van der Waals surface area contributed by atoms with Crippen LogP contribution in [0.4, 0.5) is 39.5 Å². The highest BCUT2D eigenvalue weighted by Crippen LogP contribution is 2.54. The van der Waals surface area contributed by atoms with Crippen LogP contribution in [0.15, 0.2) is 0 Å². The maximum atomic E-state index is 14.1. The maximum Gasteiger partial charge on any atom is 0.460 e. The van der Waals surface area contributed by atoms with Crippen LogP contribution < -0.4 is 0 Å². The van der Waals surface area contributed by atoms with Crippen molar-refractivity contribution in [3.8, 4) is 0 Å². The van der Waals surface area contributed by atoms with Gasteiger partial charge in [-0.05, 0) is 12.8 Å². The number of ether oxygens (including phenoxy) is 2. The third kappa shape index (κ3) is 11.1. The van der Waals surface area contributed by atoms with Crippen molar-refractivity contribution in [3.63, 3.8) is 0 Å². The summed E-state index contributed by atoms with van der Waals surface area (Å²) in [4.78, 5) is 23.8. The standard InChI is InChI=1S/C23H35F9O4/c1-3-5-7-9-11-13-18(33)35-16-17(36-19(34)14-12-10-8-6-4-2)15-20(24,25)21(26,27)22(28,29)23(30,31)32/h17H,3-16H2,1-2H3. The Balaban J connectivity index is 5.31. The van der Waals surface area contributed by atoms with E-state index in [-0.39, 0.29) is 19.3 Å². The van der Waals surface area contributed by atoms with Crippen LogP contribution in [0.3, 0.4) is 0 Å². The van der Waals surface area contributed by atoms with Gasteiger partial charge in [0.05, 0.1) is 6.42 Å². The van der Waals surface area contributed by atoms with E-state index in [2.05, 4.69) is 9.47 Å². The zero-order chi connectivity index (χ0) is 28.0. The second-order valence-corrected chi connectivity index (χ2v) is 8.68. The molecule has 13 heteroatoms. The van der Waals surface area contributed by atoms with Gasteiger partial charge in [0.25, 0.3) is 0 Å². The average Bonchev–Trinajstić information content (AvgIpc) is 2.76. The minimum absolute atomic E-state index is 0.166. The minimum Gasteiger partial charge on any atom is -0.462 e. The topological polar surface area (TPSA) is 52.6 Å². The largest absolute Gasteiger partial charge is 0.462 e. The number of hydrogen-bond acceptors (Lipinski definition) is 4. The van der Waals surface area contributed by atoms with E-state index in [1.165, 1.54) is 0 Å². The Morgan fingerprint density at radius 2 is 1.08 bits per heavy atom. The molecular formula is C23H35F9O4. The van der Waals surface area contributed by atoms with E-state index in [9.17, 15) is 49.1 Å². The summed E-state index contributed by atoms with van der Waals surface area (Å²) in [5.74, 6) is -22.0. The molecule has 1 unspecified atom stereocenters. The van der Waals surface area contributed by atoms with E-state index in [1.807, 2.05) is 13.8 Å². The summed E-state index contributed by atoms with van der Waals surface area (Å²) in [7, 11) is 0. The zero-order valence-corrected chi connectivity index (χ0v) is 20.5. The zero-order valence-electron chi connectivity index (χ0n) is 20.5. The Labute approximate surface area is 205 Å². The Kier molecular flexibility index (Phi) is 14.8. The van der Waals surface area contributed by atoms with Crippen molar-refractivity contribution >= 4 is 11.9 Å². The second kappa shape index (κ2) is 15.5. The van der Waals surface area contributed by atoms with Gasteiger partial charge in [-0.15, -0.1) is 0 Å². The van der Waals surface area contributed by atoms with Crippen molar-refractivity contribution in [1.29, 1.82) is 0 Å². The smallest absolute Gasteiger partial charge is 0.460 e. The number of esters is 2. The molecule has 0 N–H and O–H groups in total. The molecule has 0 amide bonds. The molecule has 0 saturated carbocycles. The lowest BCUT2D eigenvalue weighted by atomic mass is 9.98. The van der Waals surface area contributed by atoms with Gasteiger partial charge in [-0.25, -0.2) is 0 Å². The van der Waals surface area contributed by atoms with Gasteiger partial charge in [0, 0.05) is 12.8 Å². The molecule has 0 heterocycles. The van der Waals surface area contributed by atoms with Crippen LogP contribution in [0.5, 0.6) is 0 Å². The molecule has 214 valence electrons. The summed E-state index contributed by atoms with van der Waals surface area (Å²) >= 11 is 0. The molecule has 36 heavy (non-hydrogen) atoms. The summed E-state index contributed by atoms with van der Waals surface area (Å²) < 4.78 is 128. The lowest BCUT2D eigenvalue weighted by Crippen LogP contribution is -2.61. The normalized spacial score (nSPS) is 14.0. The fraction of sp³-hybridized carbons (Fsp3) is 0.913. The summed E-state index contributed by atoms with van der Waals surface area (Å²) in [6, 6.07) is 0. The molecule has 0 radical (unpaired) electrons. The molecule has 0 aromatic carbocycles. The van der Waals surface area contributed by atoms with Crippen molar-refractivity contribution in [1.82, 2.24) is 0 Å². The van der Waals surface area contributed by atoms with E-state index in [0.717, 1.165) is 38.5 Å². The van der Waals surface area contributed by atoms with Crippen molar-refractivity contribution in [2.75, 3.05) is 6.61 Å². The number of hydrogen-bond donors (Lipinski definition) is 0. The number of unbranched alkanes of at least 4 members (excludes halogenated alkanes) is 8. The maximum absolute atomic E-state index is 14.1. The summed E-state index contributed by atoms with van der Waals surface area (Å²) in [5.41, 5.74) is 0. The Bertz CT molecular complexity index is 652.